The summed E-state index contributed by atoms with van der Waals surface area (Å²) < 4.78 is 0. The van der Waals surface area contributed by atoms with Gasteiger partial charge in [-0.1, -0.05) is 83.9 Å². The third kappa shape index (κ3) is 4.61. The Labute approximate surface area is 228 Å². The van der Waals surface area contributed by atoms with Gasteiger partial charge in [-0.3, -0.25) is 0 Å². The Kier molecular flexibility index (Phi) is 6.30. The first-order chi connectivity index (χ1) is 18.5. The van der Waals surface area contributed by atoms with Gasteiger partial charge in [-0.05, 0) is 48.4 Å². The van der Waals surface area contributed by atoms with Crippen LogP contribution in [0.2, 0.25) is 5.02 Å². The summed E-state index contributed by atoms with van der Waals surface area (Å²) in [6.45, 7) is 2.11. The van der Waals surface area contributed by atoms with Crippen LogP contribution in [0.5, 0.6) is 0 Å². The molecule has 1 aliphatic rings. The number of nitrogens with zero attached hydrogens (tertiary/aromatic N) is 5. The Balaban J connectivity index is 1.52. The van der Waals surface area contributed by atoms with Gasteiger partial charge >= 0.3 is 0 Å². The van der Waals surface area contributed by atoms with Crippen molar-refractivity contribution in [2.75, 3.05) is 24.0 Å². The normalized spacial score (nSPS) is 15.1. The minimum Gasteiger partial charge on any atom is -0.378 e. The monoisotopic (exact) mass is 517 g/mol. The van der Waals surface area contributed by atoms with E-state index in [1.54, 1.807) is 0 Å². The van der Waals surface area contributed by atoms with Gasteiger partial charge in [0.25, 0.3) is 0 Å². The van der Waals surface area contributed by atoms with Crippen molar-refractivity contribution in [1.82, 2.24) is 9.97 Å². The van der Waals surface area contributed by atoms with Gasteiger partial charge in [-0.15, -0.1) is 0 Å². The zero-order valence-electron chi connectivity index (χ0n) is 21.6. The Morgan fingerprint density at radius 2 is 1.58 bits per heavy atom. The van der Waals surface area contributed by atoms with Crippen molar-refractivity contribution >= 4 is 39.9 Å². The summed E-state index contributed by atoms with van der Waals surface area (Å²) >= 11 is 6.39. The fourth-order valence-corrected chi connectivity index (χ4v) is 5.13. The van der Waals surface area contributed by atoms with Crippen LogP contribution in [-0.2, 0) is 0 Å². The molecule has 5 aromatic rings. The van der Waals surface area contributed by atoms with E-state index in [1.807, 2.05) is 41.4 Å². The Morgan fingerprint density at radius 1 is 0.816 bits per heavy atom. The first kappa shape index (κ1) is 24.1. The second-order valence-electron chi connectivity index (χ2n) is 9.87. The molecule has 1 aromatic heterocycles. The van der Waals surface area contributed by atoms with Crippen LogP contribution in [0.25, 0.3) is 22.2 Å². The van der Waals surface area contributed by atoms with Crippen LogP contribution >= 0.6 is 11.6 Å². The topological polar surface area (TPSA) is 44.6 Å². The molecule has 188 valence electrons. The molecule has 0 spiro atoms. The number of hydrogen-bond acceptors (Lipinski definition) is 5. The van der Waals surface area contributed by atoms with Crippen LogP contribution in [0, 0.1) is 6.92 Å². The highest BCUT2D eigenvalue weighted by molar-refractivity contribution is 6.31. The summed E-state index contributed by atoms with van der Waals surface area (Å²) in [6.07, 6.45) is 0.757. The smallest absolute Gasteiger partial charge is 0.247 e. The van der Waals surface area contributed by atoms with Crippen molar-refractivity contribution in [2.45, 2.75) is 19.4 Å². The molecule has 38 heavy (non-hydrogen) atoms. The number of hydrazone groups is 1. The van der Waals surface area contributed by atoms with E-state index >= 15 is 0 Å². The summed E-state index contributed by atoms with van der Waals surface area (Å²) in [5.41, 5.74) is 8.37. The first-order valence-electron chi connectivity index (χ1n) is 12.7. The molecular formula is C32H28ClN5. The van der Waals surface area contributed by atoms with E-state index in [9.17, 15) is 0 Å². The lowest BCUT2D eigenvalue weighted by atomic mass is 9.97. The van der Waals surface area contributed by atoms with Crippen LogP contribution in [-0.4, -0.2) is 29.8 Å². The third-order valence-electron chi connectivity index (χ3n) is 6.95. The van der Waals surface area contributed by atoms with Gasteiger partial charge in [-0.25, -0.2) is 15.0 Å². The number of rotatable bonds is 5. The molecule has 5 nitrogen and oxygen atoms in total. The zero-order valence-corrected chi connectivity index (χ0v) is 22.4. The van der Waals surface area contributed by atoms with Crippen molar-refractivity contribution in [3.63, 3.8) is 0 Å². The van der Waals surface area contributed by atoms with E-state index in [2.05, 4.69) is 86.6 Å². The minimum atomic E-state index is -0.0323. The van der Waals surface area contributed by atoms with Crippen LogP contribution in [0.4, 0.5) is 11.6 Å². The number of aryl methyl sites for hydroxylation is 1. The van der Waals surface area contributed by atoms with E-state index in [4.69, 9.17) is 26.7 Å². The maximum Gasteiger partial charge on any atom is 0.247 e. The second kappa shape index (κ2) is 9.92. The number of benzene rings is 4. The lowest BCUT2D eigenvalue weighted by molar-refractivity contribution is 0.689. The lowest BCUT2D eigenvalue weighted by Crippen LogP contribution is -2.21. The lowest BCUT2D eigenvalue weighted by Gasteiger charge is -2.23. The number of halogens is 1. The fourth-order valence-electron chi connectivity index (χ4n) is 4.96. The molecule has 0 aliphatic carbocycles. The van der Waals surface area contributed by atoms with Crippen LogP contribution in [0.15, 0.2) is 102 Å². The van der Waals surface area contributed by atoms with Gasteiger partial charge in [0.05, 0.1) is 23.0 Å². The molecule has 4 aromatic carbocycles. The highest BCUT2D eigenvalue weighted by Crippen LogP contribution is 2.38. The largest absolute Gasteiger partial charge is 0.378 e. The summed E-state index contributed by atoms with van der Waals surface area (Å²) in [5.74, 6) is 0.572. The number of aromatic nitrogens is 2. The summed E-state index contributed by atoms with van der Waals surface area (Å²) in [5, 5.41) is 8.70. The maximum absolute atomic E-state index is 6.39. The Bertz CT molecular complexity index is 1640. The number of anilines is 2. The molecule has 0 bridgehead atoms. The van der Waals surface area contributed by atoms with Gasteiger partial charge < -0.3 is 4.90 Å². The van der Waals surface area contributed by atoms with Crippen molar-refractivity contribution in [2.24, 2.45) is 5.10 Å². The standard InChI is InChI=1S/C32H28ClN5/c1-21-8-7-11-24(18-21)29-20-30(22-12-15-26(16-13-22)37(2)3)38(36-29)32-34-28-17-14-25(33)19-27(28)31(35-32)23-9-5-4-6-10-23/h4-19,30H,20H2,1-3H3/t30-/m0/s1. The van der Waals surface area contributed by atoms with Crippen molar-refractivity contribution in [3.05, 3.63) is 119 Å². The zero-order chi connectivity index (χ0) is 26.2. The van der Waals surface area contributed by atoms with Crippen molar-refractivity contribution < 1.29 is 0 Å². The highest BCUT2D eigenvalue weighted by Gasteiger charge is 2.32. The molecule has 0 saturated carbocycles. The SMILES string of the molecule is Cc1cccc(C2=NN(c3nc(-c4ccccc4)c4cc(Cl)ccc4n3)[C@H](c3ccc(N(C)C)cc3)C2)c1. The predicted octanol–water partition coefficient (Wildman–Crippen LogP) is 7.68. The third-order valence-corrected chi connectivity index (χ3v) is 7.19. The second-order valence-corrected chi connectivity index (χ2v) is 10.3. The van der Waals surface area contributed by atoms with Crippen LogP contribution in [0.1, 0.15) is 29.2 Å². The van der Waals surface area contributed by atoms with Gasteiger partial charge in [0.2, 0.25) is 5.95 Å². The van der Waals surface area contributed by atoms with Crippen molar-refractivity contribution in [3.8, 4) is 11.3 Å². The minimum absolute atomic E-state index is 0.0323. The summed E-state index contributed by atoms with van der Waals surface area (Å²) in [6, 6.07) is 33.1. The molecule has 1 aliphatic heterocycles. The molecule has 0 radical (unpaired) electrons. The molecule has 1 atom stereocenters. The quantitative estimate of drug-likeness (QED) is 0.240. The van der Waals surface area contributed by atoms with Crippen LogP contribution < -0.4 is 9.91 Å². The molecule has 0 unspecified atom stereocenters. The van der Waals surface area contributed by atoms with Gasteiger partial charge in [0, 0.05) is 42.2 Å². The number of fused-ring (bicyclic) bond motifs is 1. The average molecular weight is 518 g/mol. The Morgan fingerprint density at radius 3 is 2.32 bits per heavy atom. The average Bonchev–Trinajstić information content (AvgIpc) is 3.39. The Hall–Kier alpha value is -4.22. The van der Waals surface area contributed by atoms with E-state index in [1.165, 1.54) is 11.1 Å². The molecule has 0 N–H and O–H groups in total. The number of hydrogen-bond donors (Lipinski definition) is 0. The predicted molar refractivity (Wildman–Crippen MR) is 158 cm³/mol. The maximum atomic E-state index is 6.39. The van der Waals surface area contributed by atoms with Crippen molar-refractivity contribution in [1.29, 1.82) is 0 Å². The molecule has 6 rings (SSSR count). The summed E-state index contributed by atoms with van der Waals surface area (Å²) in [7, 11) is 4.10. The van der Waals surface area contributed by atoms with E-state index in [-0.39, 0.29) is 6.04 Å². The molecule has 0 fully saturated rings. The van der Waals surface area contributed by atoms with E-state index in [0.29, 0.717) is 11.0 Å². The first-order valence-corrected chi connectivity index (χ1v) is 13.1. The molecule has 6 heteroatoms. The molecular weight excluding hydrogens is 490 g/mol. The van der Waals surface area contributed by atoms with Gasteiger partial charge in [0.15, 0.2) is 0 Å². The van der Waals surface area contributed by atoms with Gasteiger partial charge in [-0.2, -0.15) is 5.10 Å². The van der Waals surface area contributed by atoms with Crippen LogP contribution in [0.3, 0.4) is 0 Å². The van der Waals surface area contributed by atoms with E-state index in [0.717, 1.165) is 45.5 Å². The summed E-state index contributed by atoms with van der Waals surface area (Å²) in [4.78, 5) is 12.2. The molecule has 2 heterocycles. The van der Waals surface area contributed by atoms with E-state index < -0.39 is 0 Å². The van der Waals surface area contributed by atoms with Gasteiger partial charge in [0.1, 0.15) is 0 Å². The molecule has 0 amide bonds. The highest BCUT2D eigenvalue weighted by atomic mass is 35.5. The fraction of sp³-hybridized carbons (Fsp3) is 0.156. The molecule has 0 saturated heterocycles.